The van der Waals surface area contributed by atoms with Crippen LogP contribution >= 0.6 is 0 Å². The molecule has 0 aliphatic rings. The van der Waals surface area contributed by atoms with Crippen LogP contribution in [0.5, 0.6) is 0 Å². The van der Waals surface area contributed by atoms with E-state index in [-0.39, 0.29) is 0 Å². The maximum atomic E-state index is 12.6. The first-order valence-electron chi connectivity index (χ1n) is 5.67. The van der Waals surface area contributed by atoms with Gasteiger partial charge in [0, 0.05) is 0 Å². The van der Waals surface area contributed by atoms with Crippen LogP contribution in [-0.4, -0.2) is 0 Å². The number of hydrogen-bond donors (Lipinski definition) is 0. The van der Waals surface area contributed by atoms with Gasteiger partial charge in [-0.25, -0.2) is 0 Å². The molecule has 1 rings (SSSR count). The van der Waals surface area contributed by atoms with Crippen LogP contribution in [0.1, 0.15) is 43.4 Å². The molecule has 0 aliphatic carbocycles. The summed E-state index contributed by atoms with van der Waals surface area (Å²) in [5.74, 6) is 0. The Hall–Kier alpha value is -0.990. The molecular formula is C13H17F3. The molecule has 0 aromatic heterocycles. The van der Waals surface area contributed by atoms with Crippen molar-refractivity contribution in [3.05, 3.63) is 34.9 Å². The van der Waals surface area contributed by atoms with E-state index in [4.69, 9.17) is 0 Å². The maximum absolute atomic E-state index is 12.6. The fourth-order valence-electron chi connectivity index (χ4n) is 1.79. The summed E-state index contributed by atoms with van der Waals surface area (Å²) in [5.41, 5.74) is 1.07. The number of hydrogen-bond acceptors (Lipinski definition) is 0. The summed E-state index contributed by atoms with van der Waals surface area (Å²) in [6.45, 7) is 3.94. The van der Waals surface area contributed by atoms with Crippen LogP contribution in [0.3, 0.4) is 0 Å². The average molecular weight is 230 g/mol. The van der Waals surface area contributed by atoms with E-state index in [0.29, 0.717) is 12.8 Å². The summed E-state index contributed by atoms with van der Waals surface area (Å²) in [6, 6.07) is 4.42. The van der Waals surface area contributed by atoms with Gasteiger partial charge >= 0.3 is 6.18 Å². The number of benzene rings is 1. The van der Waals surface area contributed by atoms with E-state index < -0.39 is 11.7 Å². The van der Waals surface area contributed by atoms with Gasteiger partial charge in [-0.1, -0.05) is 32.8 Å². The van der Waals surface area contributed by atoms with Crippen LogP contribution < -0.4 is 0 Å². The van der Waals surface area contributed by atoms with Crippen LogP contribution in [0.25, 0.3) is 0 Å². The Bertz CT molecular complexity index is 315. The number of alkyl halides is 3. The summed E-state index contributed by atoms with van der Waals surface area (Å²) in [5, 5.41) is 0. The van der Waals surface area contributed by atoms with Crippen LogP contribution in [0.4, 0.5) is 13.2 Å². The lowest BCUT2D eigenvalue weighted by atomic mass is 10.00. The second kappa shape index (κ2) is 5.37. The maximum Gasteiger partial charge on any atom is 0.416 e. The topological polar surface area (TPSA) is 0 Å². The molecule has 16 heavy (non-hydrogen) atoms. The third kappa shape index (κ3) is 3.54. The van der Waals surface area contributed by atoms with E-state index in [1.807, 2.05) is 19.9 Å². The zero-order valence-corrected chi connectivity index (χ0v) is 9.69. The molecular weight excluding hydrogens is 213 g/mol. The predicted molar refractivity (Wildman–Crippen MR) is 59.4 cm³/mol. The number of aryl methyl sites for hydroxylation is 2. The molecule has 0 radical (unpaired) electrons. The molecule has 3 heteroatoms. The number of halogens is 3. The fraction of sp³-hybridized carbons (Fsp3) is 0.538. The molecule has 0 saturated heterocycles. The Kier molecular flexibility index (Phi) is 4.39. The third-order valence-electron chi connectivity index (χ3n) is 2.46. The van der Waals surface area contributed by atoms with E-state index in [0.717, 1.165) is 24.0 Å². The van der Waals surface area contributed by atoms with Gasteiger partial charge in [0.05, 0.1) is 5.56 Å². The highest BCUT2D eigenvalue weighted by Gasteiger charge is 2.30. The third-order valence-corrected chi connectivity index (χ3v) is 2.46. The van der Waals surface area contributed by atoms with Gasteiger partial charge in [-0.15, -0.1) is 0 Å². The van der Waals surface area contributed by atoms with Gasteiger partial charge in [0.2, 0.25) is 0 Å². The van der Waals surface area contributed by atoms with Crippen molar-refractivity contribution in [3.8, 4) is 0 Å². The summed E-state index contributed by atoms with van der Waals surface area (Å²) in [7, 11) is 0. The quantitative estimate of drug-likeness (QED) is 0.708. The van der Waals surface area contributed by atoms with Gasteiger partial charge in [-0.3, -0.25) is 0 Å². The molecule has 0 atom stereocenters. The SMILES string of the molecule is CCCc1cc(CCC)cc(C(F)(F)F)c1. The Balaban J connectivity index is 3.08. The summed E-state index contributed by atoms with van der Waals surface area (Å²) in [4.78, 5) is 0. The fourth-order valence-corrected chi connectivity index (χ4v) is 1.79. The predicted octanol–water partition coefficient (Wildman–Crippen LogP) is 4.61. The number of rotatable bonds is 4. The highest BCUT2D eigenvalue weighted by atomic mass is 19.4. The van der Waals surface area contributed by atoms with E-state index >= 15 is 0 Å². The van der Waals surface area contributed by atoms with Crippen molar-refractivity contribution >= 4 is 0 Å². The zero-order valence-electron chi connectivity index (χ0n) is 9.69. The molecule has 1 aromatic carbocycles. The van der Waals surface area contributed by atoms with Gasteiger partial charge in [-0.2, -0.15) is 13.2 Å². The van der Waals surface area contributed by atoms with Crippen LogP contribution in [0.2, 0.25) is 0 Å². The highest BCUT2D eigenvalue weighted by Crippen LogP contribution is 2.31. The molecule has 0 N–H and O–H groups in total. The summed E-state index contributed by atoms with van der Waals surface area (Å²) in [6.07, 6.45) is -1.08. The second-order valence-electron chi connectivity index (χ2n) is 4.04. The van der Waals surface area contributed by atoms with Crippen molar-refractivity contribution < 1.29 is 13.2 Å². The van der Waals surface area contributed by atoms with Gasteiger partial charge in [0.15, 0.2) is 0 Å². The van der Waals surface area contributed by atoms with Gasteiger partial charge < -0.3 is 0 Å². The Morgan fingerprint density at radius 2 is 1.31 bits per heavy atom. The molecule has 0 fully saturated rings. The minimum Gasteiger partial charge on any atom is -0.166 e. The highest BCUT2D eigenvalue weighted by molar-refractivity contribution is 5.32. The first-order valence-corrected chi connectivity index (χ1v) is 5.67. The van der Waals surface area contributed by atoms with E-state index in [1.165, 1.54) is 12.1 Å². The second-order valence-corrected chi connectivity index (χ2v) is 4.04. The van der Waals surface area contributed by atoms with Crippen molar-refractivity contribution in [2.45, 2.75) is 45.7 Å². The molecule has 0 bridgehead atoms. The molecule has 0 spiro atoms. The molecule has 0 nitrogen and oxygen atoms in total. The zero-order chi connectivity index (χ0) is 12.2. The molecule has 0 heterocycles. The van der Waals surface area contributed by atoms with Crippen LogP contribution in [0, 0.1) is 0 Å². The smallest absolute Gasteiger partial charge is 0.166 e. The Morgan fingerprint density at radius 3 is 1.62 bits per heavy atom. The summed E-state index contributed by atoms with van der Waals surface area (Å²) >= 11 is 0. The van der Waals surface area contributed by atoms with Crippen molar-refractivity contribution in [2.24, 2.45) is 0 Å². The van der Waals surface area contributed by atoms with E-state index in [1.54, 1.807) is 0 Å². The minimum atomic E-state index is -4.23. The normalized spacial score (nSPS) is 11.8. The van der Waals surface area contributed by atoms with E-state index in [9.17, 15) is 13.2 Å². The molecule has 1 aromatic rings. The lowest BCUT2D eigenvalue weighted by molar-refractivity contribution is -0.137. The van der Waals surface area contributed by atoms with E-state index in [2.05, 4.69) is 0 Å². The van der Waals surface area contributed by atoms with Gasteiger partial charge in [0.1, 0.15) is 0 Å². The van der Waals surface area contributed by atoms with Crippen molar-refractivity contribution in [3.63, 3.8) is 0 Å². The first kappa shape index (κ1) is 13.1. The van der Waals surface area contributed by atoms with Crippen LogP contribution in [0.15, 0.2) is 18.2 Å². The largest absolute Gasteiger partial charge is 0.416 e. The molecule has 0 amide bonds. The summed E-state index contributed by atoms with van der Waals surface area (Å²) < 4.78 is 37.9. The minimum absolute atomic E-state index is 0.512. The first-order chi connectivity index (χ1) is 7.47. The van der Waals surface area contributed by atoms with Gasteiger partial charge in [-0.05, 0) is 36.1 Å². The molecule has 90 valence electrons. The van der Waals surface area contributed by atoms with Crippen LogP contribution in [-0.2, 0) is 19.0 Å². The Labute approximate surface area is 94.5 Å². The molecule has 0 unspecified atom stereocenters. The lowest BCUT2D eigenvalue weighted by Crippen LogP contribution is -2.07. The van der Waals surface area contributed by atoms with Gasteiger partial charge in [0.25, 0.3) is 0 Å². The molecule has 0 aliphatic heterocycles. The average Bonchev–Trinajstić information content (AvgIpc) is 2.17. The molecule has 0 saturated carbocycles. The Morgan fingerprint density at radius 1 is 0.875 bits per heavy atom. The van der Waals surface area contributed by atoms with Crippen molar-refractivity contribution in [2.75, 3.05) is 0 Å². The van der Waals surface area contributed by atoms with Crippen molar-refractivity contribution in [1.82, 2.24) is 0 Å². The van der Waals surface area contributed by atoms with Crippen molar-refractivity contribution in [1.29, 1.82) is 0 Å². The standard InChI is InChI=1S/C13H17F3/c1-3-5-10-7-11(6-4-2)9-12(8-10)13(14,15)16/h7-9H,3-6H2,1-2H3. The monoisotopic (exact) mass is 230 g/mol. The lowest BCUT2D eigenvalue weighted by Gasteiger charge is -2.11.